The van der Waals surface area contributed by atoms with Gasteiger partial charge in [0.15, 0.2) is 5.82 Å². The molecule has 2 rings (SSSR count). The highest BCUT2D eigenvalue weighted by Gasteiger charge is 2.12. The molecule has 1 aromatic heterocycles. The van der Waals surface area contributed by atoms with E-state index in [1.54, 1.807) is 13.2 Å². The van der Waals surface area contributed by atoms with Gasteiger partial charge >= 0.3 is 0 Å². The highest BCUT2D eigenvalue weighted by Crippen LogP contribution is 2.17. The van der Waals surface area contributed by atoms with E-state index in [-0.39, 0.29) is 5.91 Å². The van der Waals surface area contributed by atoms with Crippen LogP contribution in [0.2, 0.25) is 0 Å². The Morgan fingerprint density at radius 2 is 1.96 bits per heavy atom. The number of methoxy groups -OCH3 is 1. The summed E-state index contributed by atoms with van der Waals surface area (Å²) in [4.78, 5) is 21.1. The van der Waals surface area contributed by atoms with Crippen molar-refractivity contribution in [2.75, 3.05) is 32.1 Å². The molecule has 2 N–H and O–H groups in total. The first-order valence-electron chi connectivity index (χ1n) is 7.70. The summed E-state index contributed by atoms with van der Waals surface area (Å²) < 4.78 is 4.94. The minimum atomic E-state index is -0.235. The molecule has 6 nitrogen and oxygen atoms in total. The Labute approximate surface area is 136 Å². The highest BCUT2D eigenvalue weighted by atomic mass is 16.5. The van der Waals surface area contributed by atoms with Crippen LogP contribution >= 0.6 is 0 Å². The molecular formula is C17H22N4O2. The number of rotatable bonds is 8. The van der Waals surface area contributed by atoms with E-state index in [4.69, 9.17) is 4.74 Å². The van der Waals surface area contributed by atoms with Gasteiger partial charge in [-0.3, -0.25) is 4.79 Å². The van der Waals surface area contributed by atoms with Gasteiger partial charge in [-0.1, -0.05) is 37.3 Å². The van der Waals surface area contributed by atoms with E-state index in [0.717, 1.165) is 18.5 Å². The van der Waals surface area contributed by atoms with Crippen molar-refractivity contribution >= 4 is 11.7 Å². The summed E-state index contributed by atoms with van der Waals surface area (Å²) in [7, 11) is 1.59. The molecule has 0 unspecified atom stereocenters. The minimum Gasteiger partial charge on any atom is -0.383 e. The van der Waals surface area contributed by atoms with Gasteiger partial charge in [-0.25, -0.2) is 9.97 Å². The number of anilines is 1. The normalized spacial score (nSPS) is 10.3. The van der Waals surface area contributed by atoms with Crippen molar-refractivity contribution in [1.29, 1.82) is 0 Å². The Morgan fingerprint density at radius 1 is 1.17 bits per heavy atom. The fraction of sp³-hybridized carbons (Fsp3) is 0.353. The molecule has 0 spiro atoms. The van der Waals surface area contributed by atoms with Gasteiger partial charge in [0, 0.05) is 31.8 Å². The van der Waals surface area contributed by atoms with Gasteiger partial charge < -0.3 is 15.4 Å². The first-order valence-corrected chi connectivity index (χ1v) is 7.70. The van der Waals surface area contributed by atoms with E-state index in [0.29, 0.717) is 30.5 Å². The molecule has 0 aliphatic heterocycles. The Bertz CT molecular complexity index is 632. The number of carbonyl (C=O) groups excluding carboxylic acids is 1. The third-order valence-electron chi connectivity index (χ3n) is 3.14. The molecule has 0 radical (unpaired) electrons. The van der Waals surface area contributed by atoms with Crippen molar-refractivity contribution in [3.63, 3.8) is 0 Å². The predicted octanol–water partition coefficient (Wildman–Crippen LogP) is 2.34. The molecule has 0 saturated heterocycles. The zero-order valence-corrected chi connectivity index (χ0v) is 13.5. The molecule has 2 aromatic rings. The summed E-state index contributed by atoms with van der Waals surface area (Å²) in [6.07, 6.45) is 0.972. The van der Waals surface area contributed by atoms with Gasteiger partial charge in [-0.2, -0.15) is 0 Å². The molecule has 122 valence electrons. The van der Waals surface area contributed by atoms with Crippen molar-refractivity contribution in [2.24, 2.45) is 0 Å². The topological polar surface area (TPSA) is 76.1 Å². The van der Waals surface area contributed by atoms with Crippen molar-refractivity contribution in [2.45, 2.75) is 13.3 Å². The second-order valence-corrected chi connectivity index (χ2v) is 5.00. The van der Waals surface area contributed by atoms with Crippen molar-refractivity contribution in [1.82, 2.24) is 15.3 Å². The van der Waals surface area contributed by atoms with E-state index in [9.17, 15) is 4.79 Å². The second kappa shape index (κ2) is 8.85. The van der Waals surface area contributed by atoms with Crippen LogP contribution in [0.15, 0.2) is 36.4 Å². The molecule has 0 fully saturated rings. The minimum absolute atomic E-state index is 0.235. The molecule has 23 heavy (non-hydrogen) atoms. The van der Waals surface area contributed by atoms with Gasteiger partial charge in [-0.05, 0) is 6.42 Å². The lowest BCUT2D eigenvalue weighted by molar-refractivity contribution is 0.0932. The third-order valence-corrected chi connectivity index (χ3v) is 3.14. The standard InChI is InChI=1S/C17H22N4O2/c1-3-9-18-15-12-14(17(22)19-10-11-23-2)20-16(21-15)13-7-5-4-6-8-13/h4-8,12H,3,9-11H2,1-2H3,(H,19,22)(H,18,20,21). The molecule has 0 saturated carbocycles. The molecule has 1 aromatic carbocycles. The van der Waals surface area contributed by atoms with Crippen LogP contribution in [0.5, 0.6) is 0 Å². The van der Waals surface area contributed by atoms with Gasteiger partial charge in [-0.15, -0.1) is 0 Å². The quantitative estimate of drug-likeness (QED) is 0.731. The maximum Gasteiger partial charge on any atom is 0.270 e. The Balaban J connectivity index is 2.27. The zero-order chi connectivity index (χ0) is 16.5. The molecule has 6 heteroatoms. The Hall–Kier alpha value is -2.47. The molecule has 0 bridgehead atoms. The molecular weight excluding hydrogens is 292 g/mol. The number of nitrogens with one attached hydrogen (secondary N) is 2. The maximum atomic E-state index is 12.2. The lowest BCUT2D eigenvalue weighted by atomic mass is 10.2. The van der Waals surface area contributed by atoms with Crippen LogP contribution in [0.1, 0.15) is 23.8 Å². The van der Waals surface area contributed by atoms with Gasteiger partial charge in [0.2, 0.25) is 0 Å². The summed E-state index contributed by atoms with van der Waals surface area (Å²) in [6.45, 7) is 3.77. The monoisotopic (exact) mass is 314 g/mol. The van der Waals surface area contributed by atoms with Gasteiger partial charge in [0.1, 0.15) is 11.5 Å². The first-order chi connectivity index (χ1) is 11.2. The van der Waals surface area contributed by atoms with Crippen LogP contribution in [-0.4, -0.2) is 42.7 Å². The van der Waals surface area contributed by atoms with Crippen LogP contribution < -0.4 is 10.6 Å². The first kappa shape index (κ1) is 16.9. The van der Waals surface area contributed by atoms with Crippen LogP contribution in [0.4, 0.5) is 5.82 Å². The molecule has 0 aliphatic rings. The van der Waals surface area contributed by atoms with E-state index in [2.05, 4.69) is 27.5 Å². The van der Waals surface area contributed by atoms with E-state index >= 15 is 0 Å². The summed E-state index contributed by atoms with van der Waals surface area (Å²) in [5.41, 5.74) is 1.21. The molecule has 1 heterocycles. The summed E-state index contributed by atoms with van der Waals surface area (Å²) in [6, 6.07) is 11.3. The van der Waals surface area contributed by atoms with Crippen LogP contribution in [-0.2, 0) is 4.74 Å². The van der Waals surface area contributed by atoms with Crippen LogP contribution in [0.25, 0.3) is 11.4 Å². The van der Waals surface area contributed by atoms with E-state index < -0.39 is 0 Å². The lowest BCUT2D eigenvalue weighted by Gasteiger charge is -2.10. The van der Waals surface area contributed by atoms with Gasteiger partial charge in [0.25, 0.3) is 5.91 Å². The lowest BCUT2D eigenvalue weighted by Crippen LogP contribution is -2.28. The zero-order valence-electron chi connectivity index (χ0n) is 13.5. The fourth-order valence-corrected chi connectivity index (χ4v) is 1.98. The second-order valence-electron chi connectivity index (χ2n) is 5.00. The van der Waals surface area contributed by atoms with Crippen LogP contribution in [0, 0.1) is 0 Å². The van der Waals surface area contributed by atoms with E-state index in [1.165, 1.54) is 0 Å². The average molecular weight is 314 g/mol. The van der Waals surface area contributed by atoms with Crippen molar-refractivity contribution in [3.8, 4) is 11.4 Å². The number of hydrogen-bond acceptors (Lipinski definition) is 5. The molecule has 1 amide bonds. The molecule has 0 atom stereocenters. The maximum absolute atomic E-state index is 12.2. The summed E-state index contributed by atoms with van der Waals surface area (Å²) in [5.74, 6) is 0.947. The Kier molecular flexibility index (Phi) is 6.50. The fourth-order valence-electron chi connectivity index (χ4n) is 1.98. The largest absolute Gasteiger partial charge is 0.383 e. The number of nitrogens with zero attached hydrogens (tertiary/aromatic N) is 2. The van der Waals surface area contributed by atoms with Crippen molar-refractivity contribution in [3.05, 3.63) is 42.1 Å². The molecule has 0 aliphatic carbocycles. The number of carbonyl (C=O) groups is 1. The number of hydrogen-bond donors (Lipinski definition) is 2. The third kappa shape index (κ3) is 5.03. The Morgan fingerprint density at radius 3 is 2.65 bits per heavy atom. The highest BCUT2D eigenvalue weighted by molar-refractivity contribution is 5.93. The SMILES string of the molecule is CCCNc1cc(C(=O)NCCOC)nc(-c2ccccc2)n1. The number of aromatic nitrogens is 2. The summed E-state index contributed by atoms with van der Waals surface area (Å²) in [5, 5.41) is 5.99. The van der Waals surface area contributed by atoms with Gasteiger partial charge in [0.05, 0.1) is 6.61 Å². The van der Waals surface area contributed by atoms with Crippen LogP contribution in [0.3, 0.4) is 0 Å². The van der Waals surface area contributed by atoms with E-state index in [1.807, 2.05) is 30.3 Å². The summed E-state index contributed by atoms with van der Waals surface area (Å²) >= 11 is 0. The number of ether oxygens (including phenoxy) is 1. The predicted molar refractivity (Wildman–Crippen MR) is 90.5 cm³/mol. The number of benzene rings is 1. The number of amides is 1. The average Bonchev–Trinajstić information content (AvgIpc) is 2.60. The van der Waals surface area contributed by atoms with Crippen molar-refractivity contribution < 1.29 is 9.53 Å². The smallest absolute Gasteiger partial charge is 0.270 e.